The normalized spacial score (nSPS) is 17.7. The summed E-state index contributed by atoms with van der Waals surface area (Å²) in [6.07, 6.45) is -0.00388. The summed E-state index contributed by atoms with van der Waals surface area (Å²) >= 11 is 1.58. The lowest BCUT2D eigenvalue weighted by Crippen LogP contribution is -2.57. The van der Waals surface area contributed by atoms with E-state index >= 15 is 0 Å². The Bertz CT molecular complexity index is 1170. The van der Waals surface area contributed by atoms with E-state index in [1.54, 1.807) is 11.3 Å². The molecule has 3 amide bonds. The molecule has 2 heterocycles. The molecule has 1 aromatic carbocycles. The zero-order chi connectivity index (χ0) is 30.7. The average Bonchev–Trinajstić information content (AvgIpc) is 3.56. The molecule has 0 spiro atoms. The number of benzene rings is 1. The Morgan fingerprint density at radius 3 is 2.45 bits per heavy atom. The number of amides is 3. The monoisotopic (exact) mass is 603 g/mol. The van der Waals surface area contributed by atoms with Gasteiger partial charge in [0.1, 0.15) is 12.1 Å². The number of aryl methyl sites for hydroxylation is 1. The maximum Gasteiger partial charge on any atom is 0.246 e. The van der Waals surface area contributed by atoms with Crippen molar-refractivity contribution in [2.75, 3.05) is 39.5 Å². The molecule has 1 fully saturated rings. The molecule has 0 aliphatic carbocycles. The minimum Gasteiger partial charge on any atom is -0.391 e. The molecule has 1 aliphatic rings. The van der Waals surface area contributed by atoms with E-state index in [0.717, 1.165) is 21.7 Å². The van der Waals surface area contributed by atoms with E-state index in [2.05, 4.69) is 15.6 Å². The van der Waals surface area contributed by atoms with Crippen LogP contribution in [-0.2, 0) is 30.4 Å². The number of carbonyl (C=O) groups is 3. The summed E-state index contributed by atoms with van der Waals surface area (Å²) in [6, 6.07) is 6.21. The standard InChI is InChI=1S/C30H45N5O6S/c1-20-26(42-19-33-20)22-9-7-21(8-10-22)17-32-28(38)24-16-23(36)18-35(24)29(39)27(30(2,3)4)34-25(37)6-5-12-40-14-15-41-13-11-31/h7-10,19,23-24,27,36H,5-6,11-18,31H2,1-4H3,(H,32,38)(H,34,37). The van der Waals surface area contributed by atoms with Gasteiger partial charge in [0, 0.05) is 39.1 Å². The van der Waals surface area contributed by atoms with Crippen LogP contribution in [0, 0.1) is 12.3 Å². The predicted octanol–water partition coefficient (Wildman–Crippen LogP) is 2.00. The summed E-state index contributed by atoms with van der Waals surface area (Å²) in [5.74, 6) is -0.997. The number of hydrogen-bond donors (Lipinski definition) is 4. The second-order valence-electron chi connectivity index (χ2n) is 11.6. The number of aliphatic hydroxyl groups is 1. The fraction of sp³-hybridized carbons (Fsp3) is 0.600. The SMILES string of the molecule is Cc1ncsc1-c1ccc(CNC(=O)C2CC(O)CN2C(=O)C(NC(=O)CCCOCCOCCN)C(C)(C)C)cc1. The molecule has 3 unspecified atom stereocenters. The van der Waals surface area contributed by atoms with E-state index in [-0.39, 0.29) is 43.7 Å². The fourth-order valence-corrected chi connectivity index (χ4v) is 5.57. The first-order chi connectivity index (χ1) is 20.0. The van der Waals surface area contributed by atoms with Gasteiger partial charge in [-0.25, -0.2) is 4.98 Å². The first-order valence-electron chi connectivity index (χ1n) is 14.4. The highest BCUT2D eigenvalue weighted by atomic mass is 32.1. The number of β-amino-alcohol motifs (C(OH)–C–C–N with tert-alkyl or cyclic N) is 1. The summed E-state index contributed by atoms with van der Waals surface area (Å²) in [5, 5.41) is 16.2. The molecule has 3 rings (SSSR count). The molecule has 3 atom stereocenters. The Balaban J connectivity index is 1.54. The molecule has 1 aromatic heterocycles. The number of likely N-dealkylation sites (tertiary alicyclic amines) is 1. The summed E-state index contributed by atoms with van der Waals surface area (Å²) < 4.78 is 10.7. The lowest BCUT2D eigenvalue weighted by molar-refractivity contribution is -0.144. The van der Waals surface area contributed by atoms with E-state index in [4.69, 9.17) is 15.2 Å². The summed E-state index contributed by atoms with van der Waals surface area (Å²) in [6.45, 7) is 10.1. The Labute approximate surface area is 252 Å². The van der Waals surface area contributed by atoms with Gasteiger partial charge in [-0.3, -0.25) is 14.4 Å². The smallest absolute Gasteiger partial charge is 0.246 e. The van der Waals surface area contributed by atoms with Crippen molar-refractivity contribution in [2.24, 2.45) is 11.1 Å². The molecular formula is C30H45N5O6S. The van der Waals surface area contributed by atoms with Gasteiger partial charge in [-0.1, -0.05) is 45.0 Å². The van der Waals surface area contributed by atoms with Crippen molar-refractivity contribution in [1.82, 2.24) is 20.5 Å². The van der Waals surface area contributed by atoms with Gasteiger partial charge in [-0.2, -0.15) is 0 Å². The molecule has 1 saturated heterocycles. The number of nitrogens with two attached hydrogens (primary N) is 1. The van der Waals surface area contributed by atoms with Crippen LogP contribution in [0.5, 0.6) is 0 Å². The van der Waals surface area contributed by atoms with Crippen LogP contribution in [0.25, 0.3) is 10.4 Å². The summed E-state index contributed by atoms with van der Waals surface area (Å²) in [4.78, 5) is 46.5. The molecule has 42 heavy (non-hydrogen) atoms. The number of rotatable bonds is 15. The number of thiazole rings is 1. The van der Waals surface area contributed by atoms with E-state index in [9.17, 15) is 19.5 Å². The van der Waals surface area contributed by atoms with Crippen molar-refractivity contribution in [3.8, 4) is 10.4 Å². The fourth-order valence-electron chi connectivity index (χ4n) is 4.75. The molecule has 0 radical (unpaired) electrons. The van der Waals surface area contributed by atoms with Crippen LogP contribution in [0.15, 0.2) is 29.8 Å². The molecule has 2 aromatic rings. The number of nitrogens with zero attached hydrogens (tertiary/aromatic N) is 2. The minimum atomic E-state index is -0.862. The van der Waals surface area contributed by atoms with Crippen molar-refractivity contribution in [2.45, 2.75) is 71.7 Å². The van der Waals surface area contributed by atoms with Gasteiger partial charge in [0.2, 0.25) is 17.7 Å². The highest BCUT2D eigenvalue weighted by Crippen LogP contribution is 2.28. The summed E-state index contributed by atoms with van der Waals surface area (Å²) in [5.41, 5.74) is 9.53. The van der Waals surface area contributed by atoms with Gasteiger partial charge in [0.05, 0.1) is 42.0 Å². The first kappa shape index (κ1) is 33.6. The number of aromatic nitrogens is 1. The zero-order valence-electron chi connectivity index (χ0n) is 25.1. The largest absolute Gasteiger partial charge is 0.391 e. The van der Waals surface area contributed by atoms with Crippen LogP contribution in [0.4, 0.5) is 0 Å². The number of nitrogens with one attached hydrogen (secondary N) is 2. The highest BCUT2D eigenvalue weighted by Gasteiger charge is 2.44. The number of aliphatic hydroxyl groups excluding tert-OH is 1. The van der Waals surface area contributed by atoms with Gasteiger partial charge in [0.15, 0.2) is 0 Å². The Hall–Kier alpha value is -2.90. The third-order valence-corrected chi connectivity index (χ3v) is 8.02. The summed E-state index contributed by atoms with van der Waals surface area (Å²) in [7, 11) is 0. The van der Waals surface area contributed by atoms with E-state index in [1.807, 2.05) is 57.5 Å². The Morgan fingerprint density at radius 1 is 1.14 bits per heavy atom. The van der Waals surface area contributed by atoms with Crippen LogP contribution in [0.2, 0.25) is 0 Å². The highest BCUT2D eigenvalue weighted by molar-refractivity contribution is 7.13. The predicted molar refractivity (Wildman–Crippen MR) is 162 cm³/mol. The number of hydrogen-bond acceptors (Lipinski definition) is 9. The van der Waals surface area contributed by atoms with E-state index in [1.165, 1.54) is 4.90 Å². The zero-order valence-corrected chi connectivity index (χ0v) is 25.9. The molecule has 12 heteroatoms. The third kappa shape index (κ3) is 9.84. The van der Waals surface area contributed by atoms with E-state index < -0.39 is 23.6 Å². The van der Waals surface area contributed by atoms with E-state index in [0.29, 0.717) is 39.4 Å². The second kappa shape index (κ2) is 16.1. The van der Waals surface area contributed by atoms with Gasteiger partial charge in [0.25, 0.3) is 0 Å². The number of ether oxygens (including phenoxy) is 2. The third-order valence-electron chi connectivity index (χ3n) is 7.04. The maximum atomic E-state index is 13.7. The average molecular weight is 604 g/mol. The van der Waals surface area contributed by atoms with Gasteiger partial charge in [-0.15, -0.1) is 11.3 Å². The van der Waals surface area contributed by atoms with Crippen LogP contribution in [0.1, 0.15) is 51.3 Å². The van der Waals surface area contributed by atoms with Gasteiger partial charge >= 0.3 is 0 Å². The minimum absolute atomic E-state index is 0.0301. The van der Waals surface area contributed by atoms with Gasteiger partial charge in [-0.05, 0) is 29.9 Å². The maximum absolute atomic E-state index is 13.7. The molecule has 5 N–H and O–H groups in total. The quantitative estimate of drug-likeness (QED) is 0.225. The van der Waals surface area contributed by atoms with Gasteiger partial charge < -0.3 is 35.8 Å². The molecule has 11 nitrogen and oxygen atoms in total. The van der Waals surface area contributed by atoms with Crippen molar-refractivity contribution in [3.63, 3.8) is 0 Å². The molecule has 1 aliphatic heterocycles. The first-order valence-corrected chi connectivity index (χ1v) is 15.3. The second-order valence-corrected chi connectivity index (χ2v) is 12.4. The van der Waals surface area contributed by atoms with Crippen LogP contribution < -0.4 is 16.4 Å². The Morgan fingerprint density at radius 2 is 1.83 bits per heavy atom. The van der Waals surface area contributed by atoms with Crippen molar-refractivity contribution in [1.29, 1.82) is 0 Å². The van der Waals surface area contributed by atoms with Crippen molar-refractivity contribution in [3.05, 3.63) is 41.0 Å². The Kier molecular flexibility index (Phi) is 12.9. The van der Waals surface area contributed by atoms with Crippen LogP contribution in [0.3, 0.4) is 0 Å². The van der Waals surface area contributed by atoms with Crippen molar-refractivity contribution < 1.29 is 29.0 Å². The van der Waals surface area contributed by atoms with Crippen LogP contribution >= 0.6 is 11.3 Å². The molecule has 0 bridgehead atoms. The molecular weight excluding hydrogens is 558 g/mol. The lowest BCUT2D eigenvalue weighted by atomic mass is 9.85. The molecule has 0 saturated carbocycles. The molecule has 232 valence electrons. The number of carbonyl (C=O) groups excluding carboxylic acids is 3. The van der Waals surface area contributed by atoms with Crippen LogP contribution in [-0.4, -0.2) is 90.4 Å². The van der Waals surface area contributed by atoms with Crippen molar-refractivity contribution >= 4 is 29.1 Å². The lowest BCUT2D eigenvalue weighted by Gasteiger charge is -2.35. The topological polar surface area (TPSA) is 156 Å².